The van der Waals surface area contributed by atoms with Gasteiger partial charge in [-0.2, -0.15) is 0 Å². The average molecular weight is 346 g/mol. The van der Waals surface area contributed by atoms with Crippen LogP contribution in [0.15, 0.2) is 72.8 Å². The topological polar surface area (TPSA) is 50.4 Å². The molecule has 0 radical (unpaired) electrons. The molecule has 0 saturated carbocycles. The summed E-state index contributed by atoms with van der Waals surface area (Å²) >= 11 is 0. The van der Waals surface area contributed by atoms with Gasteiger partial charge in [-0.3, -0.25) is 4.79 Å². The fraction of sp³-hybridized carbons (Fsp3) is 0.136. The van der Waals surface area contributed by atoms with Gasteiger partial charge in [0.25, 0.3) is 5.91 Å². The highest BCUT2D eigenvalue weighted by Gasteiger charge is 2.05. The van der Waals surface area contributed by atoms with Crippen molar-refractivity contribution in [2.45, 2.75) is 13.8 Å². The van der Waals surface area contributed by atoms with Gasteiger partial charge in [0.2, 0.25) is 0 Å². The zero-order valence-electron chi connectivity index (χ0n) is 15.0. The molecule has 26 heavy (non-hydrogen) atoms. The number of benzene rings is 3. The second kappa shape index (κ2) is 8.21. The number of carbonyl (C=O) groups is 1. The Bertz CT molecular complexity index is 854. The van der Waals surface area contributed by atoms with Gasteiger partial charge in [-0.1, -0.05) is 24.3 Å². The van der Waals surface area contributed by atoms with E-state index >= 15 is 0 Å². The third kappa shape index (κ3) is 5.11. The molecule has 0 aliphatic rings. The molecule has 4 nitrogen and oxygen atoms in total. The van der Waals surface area contributed by atoms with Crippen LogP contribution < -0.4 is 15.4 Å². The summed E-state index contributed by atoms with van der Waals surface area (Å²) in [6.07, 6.45) is 0. The van der Waals surface area contributed by atoms with Crippen molar-refractivity contribution < 1.29 is 9.53 Å². The Morgan fingerprint density at radius 3 is 2.04 bits per heavy atom. The quantitative estimate of drug-likeness (QED) is 0.655. The summed E-state index contributed by atoms with van der Waals surface area (Å²) in [6.45, 7) is 3.99. The smallest absolute Gasteiger partial charge is 0.262 e. The van der Waals surface area contributed by atoms with E-state index in [1.54, 1.807) is 0 Å². The van der Waals surface area contributed by atoms with Gasteiger partial charge in [-0.15, -0.1) is 0 Å². The first kappa shape index (κ1) is 17.5. The zero-order valence-corrected chi connectivity index (χ0v) is 15.0. The van der Waals surface area contributed by atoms with Crippen LogP contribution in [0.5, 0.6) is 5.75 Å². The number of anilines is 3. The predicted octanol–water partition coefficient (Wildman–Crippen LogP) is 5.06. The van der Waals surface area contributed by atoms with Crippen molar-refractivity contribution in [3.63, 3.8) is 0 Å². The van der Waals surface area contributed by atoms with E-state index in [2.05, 4.69) is 16.7 Å². The first-order valence-corrected chi connectivity index (χ1v) is 8.51. The van der Waals surface area contributed by atoms with Crippen molar-refractivity contribution in [3.8, 4) is 5.75 Å². The molecule has 0 aromatic heterocycles. The van der Waals surface area contributed by atoms with Crippen LogP contribution in [-0.4, -0.2) is 12.5 Å². The molecule has 4 heteroatoms. The largest absolute Gasteiger partial charge is 0.484 e. The number of ether oxygens (including phenoxy) is 1. The van der Waals surface area contributed by atoms with Crippen molar-refractivity contribution >= 4 is 23.0 Å². The Hall–Kier alpha value is -3.27. The number of aryl methyl sites for hydroxylation is 2. The van der Waals surface area contributed by atoms with Crippen molar-refractivity contribution in [1.82, 2.24) is 0 Å². The highest BCUT2D eigenvalue weighted by molar-refractivity contribution is 5.92. The number of para-hydroxylation sites is 1. The lowest BCUT2D eigenvalue weighted by atomic mass is 10.1. The van der Waals surface area contributed by atoms with Crippen LogP contribution in [0.4, 0.5) is 17.1 Å². The van der Waals surface area contributed by atoms with Crippen molar-refractivity contribution in [2.24, 2.45) is 0 Å². The third-order valence-corrected chi connectivity index (χ3v) is 3.80. The summed E-state index contributed by atoms with van der Waals surface area (Å²) in [5.74, 6) is 0.521. The first-order valence-electron chi connectivity index (χ1n) is 8.51. The third-order valence-electron chi connectivity index (χ3n) is 3.80. The van der Waals surface area contributed by atoms with E-state index in [-0.39, 0.29) is 12.5 Å². The van der Waals surface area contributed by atoms with Crippen molar-refractivity contribution in [1.29, 1.82) is 0 Å². The second-order valence-electron chi connectivity index (χ2n) is 6.23. The fourth-order valence-electron chi connectivity index (χ4n) is 2.69. The van der Waals surface area contributed by atoms with Gasteiger partial charge in [0.15, 0.2) is 6.61 Å². The molecule has 3 aromatic rings. The maximum atomic E-state index is 12.1. The minimum atomic E-state index is -0.187. The number of hydrogen-bond donors (Lipinski definition) is 2. The van der Waals surface area contributed by atoms with E-state index in [1.807, 2.05) is 80.6 Å². The molecule has 2 N–H and O–H groups in total. The highest BCUT2D eigenvalue weighted by atomic mass is 16.5. The zero-order chi connectivity index (χ0) is 18.4. The molecule has 0 spiro atoms. The Kier molecular flexibility index (Phi) is 5.54. The summed E-state index contributed by atoms with van der Waals surface area (Å²) in [7, 11) is 0. The lowest BCUT2D eigenvalue weighted by Gasteiger charge is -2.10. The van der Waals surface area contributed by atoms with Gasteiger partial charge in [-0.25, -0.2) is 0 Å². The van der Waals surface area contributed by atoms with Crippen LogP contribution in [0, 0.1) is 13.8 Å². The van der Waals surface area contributed by atoms with E-state index in [1.165, 1.54) is 0 Å². The maximum absolute atomic E-state index is 12.1. The molecule has 3 aromatic carbocycles. The molecule has 1 amide bonds. The van der Waals surface area contributed by atoms with Gasteiger partial charge in [0.05, 0.1) is 0 Å². The lowest BCUT2D eigenvalue weighted by Crippen LogP contribution is -2.20. The molecular weight excluding hydrogens is 324 g/mol. The minimum absolute atomic E-state index is 0.0209. The van der Waals surface area contributed by atoms with Crippen LogP contribution in [0.1, 0.15) is 11.1 Å². The van der Waals surface area contributed by atoms with E-state index in [9.17, 15) is 4.79 Å². The molecule has 0 saturated heterocycles. The molecule has 0 heterocycles. The number of amides is 1. The monoisotopic (exact) mass is 346 g/mol. The predicted molar refractivity (Wildman–Crippen MR) is 106 cm³/mol. The number of rotatable bonds is 6. The minimum Gasteiger partial charge on any atom is -0.484 e. The van der Waals surface area contributed by atoms with Crippen LogP contribution in [0.2, 0.25) is 0 Å². The molecule has 0 fully saturated rings. The van der Waals surface area contributed by atoms with E-state index in [0.29, 0.717) is 5.75 Å². The van der Waals surface area contributed by atoms with Gasteiger partial charge in [-0.05, 0) is 73.5 Å². The summed E-state index contributed by atoms with van der Waals surface area (Å²) < 4.78 is 5.58. The molecule has 0 bridgehead atoms. The number of nitrogens with one attached hydrogen (secondary N) is 2. The standard InChI is InChI=1S/C22H22N2O2/c1-16-12-17(2)14-21(13-16)26-15-22(25)24-20-10-8-19(9-11-20)23-18-6-4-3-5-7-18/h3-14,23H,15H2,1-2H3,(H,24,25). The summed E-state index contributed by atoms with van der Waals surface area (Å²) in [5, 5.41) is 6.15. The maximum Gasteiger partial charge on any atom is 0.262 e. The van der Waals surface area contributed by atoms with E-state index < -0.39 is 0 Å². The van der Waals surface area contributed by atoms with Gasteiger partial charge in [0.1, 0.15) is 5.75 Å². The number of hydrogen-bond acceptors (Lipinski definition) is 3. The van der Waals surface area contributed by atoms with E-state index in [0.717, 1.165) is 28.2 Å². The van der Waals surface area contributed by atoms with Crippen molar-refractivity contribution in [2.75, 3.05) is 17.2 Å². The van der Waals surface area contributed by atoms with Gasteiger partial charge >= 0.3 is 0 Å². The van der Waals surface area contributed by atoms with Crippen LogP contribution in [0.25, 0.3) is 0 Å². The Labute approximate surface area is 153 Å². The van der Waals surface area contributed by atoms with Crippen molar-refractivity contribution in [3.05, 3.63) is 83.9 Å². The van der Waals surface area contributed by atoms with Crippen LogP contribution in [-0.2, 0) is 4.79 Å². The Morgan fingerprint density at radius 1 is 0.808 bits per heavy atom. The SMILES string of the molecule is Cc1cc(C)cc(OCC(=O)Nc2ccc(Nc3ccccc3)cc2)c1. The average Bonchev–Trinajstić information content (AvgIpc) is 2.62. The van der Waals surface area contributed by atoms with Gasteiger partial charge in [0, 0.05) is 17.1 Å². The Morgan fingerprint density at radius 2 is 1.38 bits per heavy atom. The molecule has 0 atom stereocenters. The second-order valence-corrected chi connectivity index (χ2v) is 6.23. The molecule has 0 aliphatic carbocycles. The molecule has 0 unspecified atom stereocenters. The Balaban J connectivity index is 1.52. The summed E-state index contributed by atoms with van der Waals surface area (Å²) in [4.78, 5) is 12.1. The molecule has 3 rings (SSSR count). The molecule has 0 aliphatic heterocycles. The van der Waals surface area contributed by atoms with Gasteiger partial charge < -0.3 is 15.4 Å². The fourth-order valence-corrected chi connectivity index (χ4v) is 2.69. The van der Waals surface area contributed by atoms with Crippen LogP contribution >= 0.6 is 0 Å². The first-order chi connectivity index (χ1) is 12.6. The summed E-state index contributed by atoms with van der Waals surface area (Å²) in [5.41, 5.74) is 4.94. The number of carbonyl (C=O) groups excluding carboxylic acids is 1. The normalized spacial score (nSPS) is 10.2. The summed E-state index contributed by atoms with van der Waals surface area (Å²) in [6, 6.07) is 23.4. The van der Waals surface area contributed by atoms with Crippen LogP contribution in [0.3, 0.4) is 0 Å². The van der Waals surface area contributed by atoms with E-state index in [4.69, 9.17) is 4.74 Å². The molecule has 132 valence electrons. The lowest BCUT2D eigenvalue weighted by molar-refractivity contribution is -0.118. The highest BCUT2D eigenvalue weighted by Crippen LogP contribution is 2.19. The molecular formula is C22H22N2O2.